The molecule has 0 unspecified atom stereocenters. The highest BCUT2D eigenvalue weighted by Crippen LogP contribution is 2.20. The van der Waals surface area contributed by atoms with Crippen LogP contribution in [0.4, 0.5) is 0 Å². The van der Waals surface area contributed by atoms with Gasteiger partial charge in [0.15, 0.2) is 0 Å². The molecule has 0 aliphatic carbocycles. The second-order valence-electron chi connectivity index (χ2n) is 4.28. The van der Waals surface area contributed by atoms with Crippen molar-refractivity contribution in [3.05, 3.63) is 49.5 Å². The zero-order valence-electron chi connectivity index (χ0n) is 11.1. The number of aromatic amines is 1. The Bertz CT molecular complexity index is 783. The first-order chi connectivity index (χ1) is 9.92. The number of aromatic nitrogens is 1. The maximum Gasteiger partial charge on any atom is 0.304 e. The third-order valence-electron chi connectivity index (χ3n) is 2.72. The topological polar surface area (TPSA) is 91.1 Å². The van der Waals surface area contributed by atoms with Crippen molar-refractivity contribution in [3.63, 3.8) is 0 Å². The van der Waals surface area contributed by atoms with E-state index in [1.54, 1.807) is 18.5 Å². The maximum absolute atomic E-state index is 12.2. The number of hydrogen-bond donors (Lipinski definition) is 3. The van der Waals surface area contributed by atoms with Crippen molar-refractivity contribution in [2.45, 2.75) is 18.0 Å². The Morgan fingerprint density at radius 3 is 2.71 bits per heavy atom. The summed E-state index contributed by atoms with van der Waals surface area (Å²) >= 11 is 7.00. The van der Waals surface area contributed by atoms with E-state index in [1.807, 2.05) is 0 Å². The van der Waals surface area contributed by atoms with Gasteiger partial charge < -0.3 is 10.3 Å². The Kier molecular flexibility index (Phi) is 5.17. The van der Waals surface area contributed by atoms with Gasteiger partial charge in [0, 0.05) is 22.6 Å². The molecule has 0 aliphatic heterocycles. The van der Waals surface area contributed by atoms with E-state index in [0.717, 1.165) is 11.3 Å². The normalized spacial score (nSPS) is 11.7. The fourth-order valence-corrected chi connectivity index (χ4v) is 3.52. The molecule has 2 rings (SSSR count). The molecular weight excluding hydrogens is 334 g/mol. The van der Waals surface area contributed by atoms with Crippen molar-refractivity contribution in [2.75, 3.05) is 7.05 Å². The summed E-state index contributed by atoms with van der Waals surface area (Å²) in [4.78, 5) is 13.5. The molecule has 2 aromatic rings. The summed E-state index contributed by atoms with van der Waals surface area (Å²) in [5, 5.41) is 5.01. The Labute approximate surface area is 131 Å². The van der Waals surface area contributed by atoms with Crippen LogP contribution in [0.2, 0.25) is 5.02 Å². The number of thiazole rings is 1. The fourth-order valence-electron chi connectivity index (χ4n) is 1.70. The van der Waals surface area contributed by atoms with Gasteiger partial charge in [-0.15, -0.1) is 0 Å². The standard InChI is InChI=1S/C12H14ClN3O3S2/c1-14-5-8-4-10(2-3-11(8)13)21(18,19)15-6-9-7-20-12(17)16-9/h2-4,7,14-15H,5-6H2,1H3,(H,16,17). The van der Waals surface area contributed by atoms with Crippen LogP contribution in [0.5, 0.6) is 0 Å². The van der Waals surface area contributed by atoms with Crippen LogP contribution in [-0.2, 0) is 23.1 Å². The maximum atomic E-state index is 12.2. The van der Waals surface area contributed by atoms with E-state index in [9.17, 15) is 13.2 Å². The molecule has 0 saturated heterocycles. The lowest BCUT2D eigenvalue weighted by atomic mass is 10.2. The number of halogens is 1. The minimum Gasteiger partial charge on any atom is -0.316 e. The number of benzene rings is 1. The highest BCUT2D eigenvalue weighted by Gasteiger charge is 2.15. The SMILES string of the molecule is CNCc1cc(S(=O)(=O)NCc2csc(=O)[nH]2)ccc1Cl. The number of sulfonamides is 1. The summed E-state index contributed by atoms with van der Waals surface area (Å²) in [5.41, 5.74) is 1.23. The van der Waals surface area contributed by atoms with Gasteiger partial charge in [-0.05, 0) is 30.8 Å². The lowest BCUT2D eigenvalue weighted by Gasteiger charge is -2.09. The van der Waals surface area contributed by atoms with Crippen molar-refractivity contribution >= 4 is 33.0 Å². The second-order valence-corrected chi connectivity index (χ2v) is 7.30. The second kappa shape index (κ2) is 6.71. The molecule has 114 valence electrons. The molecular formula is C12H14ClN3O3S2. The van der Waals surface area contributed by atoms with Crippen molar-refractivity contribution in [1.29, 1.82) is 0 Å². The van der Waals surface area contributed by atoms with Gasteiger partial charge in [-0.25, -0.2) is 13.1 Å². The average molecular weight is 348 g/mol. The molecule has 0 spiro atoms. The Hall–Kier alpha value is -1.19. The summed E-state index contributed by atoms with van der Waals surface area (Å²) < 4.78 is 26.9. The molecule has 0 fully saturated rings. The molecule has 0 saturated carbocycles. The fraction of sp³-hybridized carbons (Fsp3) is 0.250. The van der Waals surface area contributed by atoms with Crippen LogP contribution in [0.3, 0.4) is 0 Å². The van der Waals surface area contributed by atoms with E-state index in [0.29, 0.717) is 22.8 Å². The van der Waals surface area contributed by atoms with Gasteiger partial charge in [0.25, 0.3) is 0 Å². The molecule has 0 atom stereocenters. The Morgan fingerprint density at radius 2 is 2.10 bits per heavy atom. The summed E-state index contributed by atoms with van der Waals surface area (Å²) in [6.45, 7) is 0.505. The Balaban J connectivity index is 2.19. The van der Waals surface area contributed by atoms with Gasteiger partial charge in [-0.1, -0.05) is 22.9 Å². The van der Waals surface area contributed by atoms with Crippen LogP contribution < -0.4 is 14.9 Å². The zero-order valence-corrected chi connectivity index (χ0v) is 13.5. The number of nitrogens with one attached hydrogen (secondary N) is 3. The first kappa shape index (κ1) is 16.2. The van der Waals surface area contributed by atoms with Gasteiger partial charge in [-0.3, -0.25) is 4.79 Å². The van der Waals surface area contributed by atoms with Crippen LogP contribution in [0, 0.1) is 0 Å². The van der Waals surface area contributed by atoms with Crippen LogP contribution in [0.15, 0.2) is 33.3 Å². The minimum absolute atomic E-state index is 0.0328. The van der Waals surface area contributed by atoms with E-state index in [2.05, 4.69) is 15.0 Å². The van der Waals surface area contributed by atoms with E-state index in [1.165, 1.54) is 12.1 Å². The van der Waals surface area contributed by atoms with Crippen LogP contribution in [-0.4, -0.2) is 20.4 Å². The first-order valence-corrected chi connectivity index (χ1v) is 8.76. The van der Waals surface area contributed by atoms with Gasteiger partial charge in [0.05, 0.1) is 11.4 Å². The van der Waals surface area contributed by atoms with Crippen molar-refractivity contribution < 1.29 is 8.42 Å². The van der Waals surface area contributed by atoms with Crippen molar-refractivity contribution in [1.82, 2.24) is 15.0 Å². The highest BCUT2D eigenvalue weighted by atomic mass is 35.5. The molecule has 1 heterocycles. The molecule has 21 heavy (non-hydrogen) atoms. The van der Waals surface area contributed by atoms with E-state index in [-0.39, 0.29) is 16.3 Å². The summed E-state index contributed by atoms with van der Waals surface area (Å²) in [7, 11) is -1.91. The quantitative estimate of drug-likeness (QED) is 0.734. The monoisotopic (exact) mass is 347 g/mol. The Morgan fingerprint density at radius 1 is 1.33 bits per heavy atom. The smallest absolute Gasteiger partial charge is 0.304 e. The van der Waals surface area contributed by atoms with Crippen molar-refractivity contribution in [3.8, 4) is 0 Å². The molecule has 0 bridgehead atoms. The molecule has 3 N–H and O–H groups in total. The predicted octanol–water partition coefficient (Wildman–Crippen LogP) is 1.29. The lowest BCUT2D eigenvalue weighted by Crippen LogP contribution is -2.24. The van der Waals surface area contributed by atoms with E-state index >= 15 is 0 Å². The van der Waals surface area contributed by atoms with Crippen LogP contribution in [0.25, 0.3) is 0 Å². The average Bonchev–Trinajstić information content (AvgIpc) is 2.85. The van der Waals surface area contributed by atoms with Crippen molar-refractivity contribution in [2.24, 2.45) is 0 Å². The molecule has 1 aromatic carbocycles. The summed E-state index contributed by atoms with van der Waals surface area (Å²) in [6.07, 6.45) is 0. The third kappa shape index (κ3) is 4.14. The van der Waals surface area contributed by atoms with Gasteiger partial charge in [0.1, 0.15) is 0 Å². The molecule has 0 amide bonds. The number of hydrogen-bond acceptors (Lipinski definition) is 5. The molecule has 6 nitrogen and oxygen atoms in total. The summed E-state index contributed by atoms with van der Waals surface area (Å²) in [5.74, 6) is 0. The number of H-pyrrole nitrogens is 1. The lowest BCUT2D eigenvalue weighted by molar-refractivity contribution is 0.580. The van der Waals surface area contributed by atoms with E-state index in [4.69, 9.17) is 11.6 Å². The highest BCUT2D eigenvalue weighted by molar-refractivity contribution is 7.89. The minimum atomic E-state index is -3.66. The van der Waals surface area contributed by atoms with Crippen LogP contribution >= 0.6 is 22.9 Å². The summed E-state index contributed by atoms with van der Waals surface area (Å²) in [6, 6.07) is 4.52. The predicted molar refractivity (Wildman–Crippen MR) is 83.2 cm³/mol. The van der Waals surface area contributed by atoms with Gasteiger partial charge in [-0.2, -0.15) is 0 Å². The largest absolute Gasteiger partial charge is 0.316 e. The number of rotatable bonds is 6. The molecule has 1 aromatic heterocycles. The molecule has 0 aliphatic rings. The zero-order chi connectivity index (χ0) is 15.5. The molecule has 9 heteroatoms. The van der Waals surface area contributed by atoms with E-state index < -0.39 is 10.0 Å². The molecule has 0 radical (unpaired) electrons. The van der Waals surface area contributed by atoms with Crippen LogP contribution in [0.1, 0.15) is 11.3 Å². The van der Waals surface area contributed by atoms with Gasteiger partial charge in [0.2, 0.25) is 10.0 Å². The first-order valence-electron chi connectivity index (χ1n) is 6.02. The third-order valence-corrected chi connectivity index (χ3v) is 5.20. The van der Waals surface area contributed by atoms with Gasteiger partial charge >= 0.3 is 4.87 Å².